The Labute approximate surface area is 179 Å². The van der Waals surface area contributed by atoms with Crippen LogP contribution in [0.15, 0.2) is 23.4 Å². The van der Waals surface area contributed by atoms with Gasteiger partial charge in [-0.05, 0) is 58.4 Å². The average molecular weight is 428 g/mol. The predicted molar refractivity (Wildman–Crippen MR) is 117 cm³/mol. The number of Topliss-reactive ketones (excluding diaryl/α,β-unsaturated/α-hetero) is 2. The number of carbonyl (C=O) groups excluding carboxylic acids is 3. The Kier molecular flexibility index (Phi) is 6.45. The maximum absolute atomic E-state index is 12.8. The monoisotopic (exact) mass is 427 g/mol. The highest BCUT2D eigenvalue weighted by atomic mass is 32.2. The van der Waals surface area contributed by atoms with Gasteiger partial charge in [-0.15, -0.1) is 0 Å². The zero-order chi connectivity index (χ0) is 22.0. The number of aromatic amines is 1. The van der Waals surface area contributed by atoms with E-state index < -0.39 is 0 Å². The lowest BCUT2D eigenvalue weighted by molar-refractivity contribution is 0.0526. The number of thioether (sulfide) groups is 1. The molecule has 0 radical (unpaired) electrons. The van der Waals surface area contributed by atoms with E-state index in [9.17, 15) is 14.4 Å². The first-order valence-electron chi connectivity index (χ1n) is 9.81. The molecule has 0 saturated heterocycles. The number of ketones is 2. The van der Waals surface area contributed by atoms with Gasteiger partial charge in [0.25, 0.3) is 0 Å². The molecule has 0 spiro atoms. The van der Waals surface area contributed by atoms with Crippen molar-refractivity contribution in [2.45, 2.75) is 46.3 Å². The van der Waals surface area contributed by atoms with E-state index >= 15 is 0 Å². The van der Waals surface area contributed by atoms with Crippen LogP contribution in [0.3, 0.4) is 0 Å². The molecular weight excluding hydrogens is 402 g/mol. The number of imidazole rings is 1. The van der Waals surface area contributed by atoms with E-state index in [2.05, 4.69) is 9.97 Å². The topological polar surface area (TPSA) is 94.1 Å². The highest BCUT2D eigenvalue weighted by molar-refractivity contribution is 7.99. The minimum Gasteiger partial charge on any atom is -0.462 e. The van der Waals surface area contributed by atoms with E-state index in [0.717, 1.165) is 5.52 Å². The van der Waals surface area contributed by atoms with E-state index in [-0.39, 0.29) is 23.3 Å². The fraction of sp³-hybridized carbons (Fsp3) is 0.364. The fourth-order valence-electron chi connectivity index (χ4n) is 3.62. The van der Waals surface area contributed by atoms with E-state index in [4.69, 9.17) is 4.74 Å². The van der Waals surface area contributed by atoms with Gasteiger partial charge >= 0.3 is 5.97 Å². The summed E-state index contributed by atoms with van der Waals surface area (Å²) < 4.78 is 7.07. The van der Waals surface area contributed by atoms with E-state index in [1.807, 2.05) is 17.6 Å². The van der Waals surface area contributed by atoms with Crippen LogP contribution in [-0.4, -0.2) is 44.4 Å². The van der Waals surface area contributed by atoms with Gasteiger partial charge < -0.3 is 14.3 Å². The van der Waals surface area contributed by atoms with Crippen molar-refractivity contribution >= 4 is 40.3 Å². The average Bonchev–Trinajstić information content (AvgIpc) is 3.21. The highest BCUT2D eigenvalue weighted by Gasteiger charge is 2.21. The molecule has 7 nitrogen and oxygen atoms in total. The molecule has 2 heterocycles. The molecule has 0 amide bonds. The number of aromatic nitrogens is 3. The van der Waals surface area contributed by atoms with Crippen LogP contribution in [0.25, 0.3) is 11.0 Å². The highest BCUT2D eigenvalue weighted by Crippen LogP contribution is 2.27. The molecule has 0 bridgehead atoms. The van der Waals surface area contributed by atoms with E-state index in [0.29, 0.717) is 51.9 Å². The molecule has 30 heavy (non-hydrogen) atoms. The quantitative estimate of drug-likeness (QED) is 0.326. The first-order valence-corrected chi connectivity index (χ1v) is 10.8. The molecule has 2 aromatic heterocycles. The lowest BCUT2D eigenvalue weighted by Crippen LogP contribution is -2.07. The van der Waals surface area contributed by atoms with Crippen molar-refractivity contribution in [3.8, 4) is 0 Å². The van der Waals surface area contributed by atoms with Crippen LogP contribution >= 0.6 is 11.8 Å². The maximum atomic E-state index is 12.8. The number of carbonyl (C=O) groups is 3. The van der Waals surface area contributed by atoms with Crippen LogP contribution in [0, 0.1) is 13.8 Å². The minimum absolute atomic E-state index is 0.0573. The van der Waals surface area contributed by atoms with Gasteiger partial charge in [-0.1, -0.05) is 11.8 Å². The van der Waals surface area contributed by atoms with E-state index in [1.54, 1.807) is 32.9 Å². The summed E-state index contributed by atoms with van der Waals surface area (Å²) in [4.78, 5) is 44.3. The molecule has 158 valence electrons. The molecule has 0 atom stereocenters. The van der Waals surface area contributed by atoms with Crippen LogP contribution < -0.4 is 0 Å². The first-order chi connectivity index (χ1) is 14.3. The Morgan fingerprint density at radius 1 is 1.20 bits per heavy atom. The largest absolute Gasteiger partial charge is 0.462 e. The summed E-state index contributed by atoms with van der Waals surface area (Å²) in [5.74, 6) is -0.339. The molecule has 1 N–H and O–H groups in total. The second kappa shape index (κ2) is 8.87. The lowest BCUT2D eigenvalue weighted by Gasteiger charge is -2.06. The van der Waals surface area contributed by atoms with Gasteiger partial charge in [0, 0.05) is 17.8 Å². The summed E-state index contributed by atoms with van der Waals surface area (Å²) in [5.41, 5.74) is 4.47. The molecule has 0 fully saturated rings. The third-order valence-corrected chi connectivity index (χ3v) is 5.92. The van der Waals surface area contributed by atoms with Gasteiger partial charge in [-0.3, -0.25) is 9.59 Å². The lowest BCUT2D eigenvalue weighted by atomic mass is 10.1. The summed E-state index contributed by atoms with van der Waals surface area (Å²) in [7, 11) is 0. The fourth-order valence-corrected chi connectivity index (χ4v) is 4.57. The van der Waals surface area contributed by atoms with Crippen molar-refractivity contribution in [3.63, 3.8) is 0 Å². The van der Waals surface area contributed by atoms with Gasteiger partial charge in [-0.25, -0.2) is 9.78 Å². The molecule has 3 aromatic rings. The number of nitrogens with one attached hydrogen (secondary N) is 1. The number of aryl methyl sites for hydroxylation is 2. The van der Waals surface area contributed by atoms with Crippen LogP contribution in [-0.2, 0) is 11.3 Å². The summed E-state index contributed by atoms with van der Waals surface area (Å²) >= 11 is 1.34. The molecule has 1 aromatic carbocycles. The molecule has 0 unspecified atom stereocenters. The van der Waals surface area contributed by atoms with Crippen LogP contribution in [0.2, 0.25) is 0 Å². The van der Waals surface area contributed by atoms with Crippen molar-refractivity contribution in [1.29, 1.82) is 0 Å². The second-order valence-corrected chi connectivity index (χ2v) is 7.90. The minimum atomic E-state index is -0.381. The number of rotatable bonds is 8. The number of hydrogen-bond acceptors (Lipinski definition) is 6. The standard InChI is InChI=1S/C22H25N3O4S/c1-6-25-17-9-8-15(21(28)29-7-2)10-16(17)24-22(25)30-11-18(27)20-12(3)19(14(5)26)13(4)23-20/h8-10,23H,6-7,11H2,1-5H3. The summed E-state index contributed by atoms with van der Waals surface area (Å²) in [6.45, 7) is 9.85. The number of benzene rings is 1. The number of nitrogens with zero attached hydrogens (tertiary/aromatic N) is 2. The van der Waals surface area contributed by atoms with E-state index in [1.165, 1.54) is 18.7 Å². The molecule has 3 rings (SSSR count). The van der Waals surface area contributed by atoms with Crippen LogP contribution in [0.5, 0.6) is 0 Å². The zero-order valence-corrected chi connectivity index (χ0v) is 18.6. The number of ether oxygens (including phenoxy) is 1. The number of hydrogen-bond donors (Lipinski definition) is 1. The molecule has 0 aliphatic rings. The second-order valence-electron chi connectivity index (χ2n) is 6.96. The van der Waals surface area contributed by atoms with Gasteiger partial charge in [0.2, 0.25) is 0 Å². The smallest absolute Gasteiger partial charge is 0.338 e. The van der Waals surface area contributed by atoms with Gasteiger partial charge in [0.05, 0.1) is 34.7 Å². The summed E-state index contributed by atoms with van der Waals surface area (Å²) in [5, 5.41) is 0.703. The Hall–Kier alpha value is -2.87. The first kappa shape index (κ1) is 21.8. The number of fused-ring (bicyclic) bond motifs is 1. The summed E-state index contributed by atoms with van der Waals surface area (Å²) in [6.07, 6.45) is 0. The SMILES string of the molecule is CCOC(=O)c1ccc2c(c1)nc(SCC(=O)c1[nH]c(C)c(C(C)=O)c1C)n2CC. The van der Waals surface area contributed by atoms with Crippen LogP contribution in [0.1, 0.15) is 63.2 Å². The molecule has 0 saturated carbocycles. The van der Waals surface area contributed by atoms with Crippen molar-refractivity contribution in [2.75, 3.05) is 12.4 Å². The van der Waals surface area contributed by atoms with Crippen molar-refractivity contribution < 1.29 is 19.1 Å². The Morgan fingerprint density at radius 3 is 2.53 bits per heavy atom. The van der Waals surface area contributed by atoms with Crippen molar-refractivity contribution in [3.05, 3.63) is 46.3 Å². The zero-order valence-electron chi connectivity index (χ0n) is 17.8. The number of esters is 1. The van der Waals surface area contributed by atoms with Gasteiger partial charge in [0.15, 0.2) is 16.7 Å². The molecule has 0 aliphatic carbocycles. The normalized spacial score (nSPS) is 11.1. The van der Waals surface area contributed by atoms with Crippen molar-refractivity contribution in [2.24, 2.45) is 0 Å². The Balaban J connectivity index is 1.85. The summed E-state index contributed by atoms with van der Waals surface area (Å²) in [6, 6.07) is 5.28. The predicted octanol–water partition coefficient (Wildman–Crippen LogP) is 4.36. The molecule has 8 heteroatoms. The third-order valence-electron chi connectivity index (χ3n) is 4.94. The van der Waals surface area contributed by atoms with Crippen LogP contribution in [0.4, 0.5) is 0 Å². The van der Waals surface area contributed by atoms with Crippen molar-refractivity contribution in [1.82, 2.24) is 14.5 Å². The third kappa shape index (κ3) is 4.05. The molecule has 0 aliphatic heterocycles. The molecular formula is C22H25N3O4S. The van der Waals surface area contributed by atoms with Gasteiger partial charge in [0.1, 0.15) is 0 Å². The Morgan fingerprint density at radius 2 is 1.93 bits per heavy atom. The Bertz CT molecular complexity index is 1140. The maximum Gasteiger partial charge on any atom is 0.338 e. The van der Waals surface area contributed by atoms with Gasteiger partial charge in [-0.2, -0.15) is 0 Å². The number of H-pyrrole nitrogens is 1.